The molecule has 3 rings (SSSR count). The van der Waals surface area contributed by atoms with Crippen LogP contribution in [0.3, 0.4) is 0 Å². The highest BCUT2D eigenvalue weighted by molar-refractivity contribution is 7.92. The van der Waals surface area contributed by atoms with E-state index in [0.717, 1.165) is 4.31 Å². The smallest absolute Gasteiger partial charge is 0.264 e. The Morgan fingerprint density at radius 1 is 0.844 bits per heavy atom. The molecule has 168 valence electrons. The van der Waals surface area contributed by atoms with Crippen LogP contribution in [0.15, 0.2) is 71.6 Å². The van der Waals surface area contributed by atoms with Crippen LogP contribution in [-0.2, 0) is 10.0 Å². The summed E-state index contributed by atoms with van der Waals surface area (Å²) in [5, 5.41) is 2.75. The quantitative estimate of drug-likeness (QED) is 0.554. The van der Waals surface area contributed by atoms with Crippen LogP contribution in [-0.4, -0.2) is 42.7 Å². The van der Waals surface area contributed by atoms with Crippen LogP contribution in [0.25, 0.3) is 0 Å². The Kier molecular flexibility index (Phi) is 6.89. The van der Waals surface area contributed by atoms with E-state index in [2.05, 4.69) is 5.32 Å². The van der Waals surface area contributed by atoms with Crippen molar-refractivity contribution < 1.29 is 27.4 Å². The molecule has 32 heavy (non-hydrogen) atoms. The molecule has 0 unspecified atom stereocenters. The van der Waals surface area contributed by atoms with Crippen molar-refractivity contribution >= 4 is 27.3 Å². The van der Waals surface area contributed by atoms with Crippen molar-refractivity contribution in [3.63, 3.8) is 0 Å². The molecule has 0 aliphatic carbocycles. The van der Waals surface area contributed by atoms with Crippen molar-refractivity contribution in [3.05, 3.63) is 72.3 Å². The summed E-state index contributed by atoms with van der Waals surface area (Å²) in [5.74, 6) is 1.04. The Hall–Kier alpha value is -3.72. The van der Waals surface area contributed by atoms with Gasteiger partial charge in [0.2, 0.25) is 0 Å². The molecule has 0 radical (unpaired) electrons. The first kappa shape index (κ1) is 23.0. The number of ether oxygens (including phenoxy) is 3. The molecule has 0 aliphatic rings. The van der Waals surface area contributed by atoms with E-state index in [1.165, 1.54) is 52.6 Å². The molecule has 0 saturated carbocycles. The predicted octanol–water partition coefficient (Wildman–Crippen LogP) is 3.79. The van der Waals surface area contributed by atoms with E-state index >= 15 is 0 Å². The lowest BCUT2D eigenvalue weighted by atomic mass is 10.2. The van der Waals surface area contributed by atoms with Gasteiger partial charge in [0.1, 0.15) is 17.2 Å². The van der Waals surface area contributed by atoms with Crippen molar-refractivity contribution in [2.75, 3.05) is 38.0 Å². The summed E-state index contributed by atoms with van der Waals surface area (Å²) in [7, 11) is 2.08. The van der Waals surface area contributed by atoms with Gasteiger partial charge in [-0.1, -0.05) is 12.1 Å². The van der Waals surface area contributed by atoms with Crippen LogP contribution >= 0.6 is 0 Å². The zero-order chi connectivity index (χ0) is 23.3. The van der Waals surface area contributed by atoms with Crippen LogP contribution < -0.4 is 23.8 Å². The molecule has 0 aromatic heterocycles. The number of hydrogen-bond donors (Lipinski definition) is 1. The molecule has 0 fully saturated rings. The molecule has 0 heterocycles. The number of sulfonamides is 1. The number of carbonyl (C=O) groups excluding carboxylic acids is 1. The topological polar surface area (TPSA) is 94.2 Å². The zero-order valence-electron chi connectivity index (χ0n) is 18.2. The number of carbonyl (C=O) groups is 1. The first-order valence-corrected chi connectivity index (χ1v) is 11.0. The third-order valence-electron chi connectivity index (χ3n) is 4.85. The van der Waals surface area contributed by atoms with Crippen molar-refractivity contribution in [2.45, 2.75) is 4.90 Å². The Balaban J connectivity index is 1.83. The molecule has 0 saturated heterocycles. The molecule has 8 nitrogen and oxygen atoms in total. The molecule has 0 aliphatic heterocycles. The lowest BCUT2D eigenvalue weighted by molar-refractivity contribution is 0.102. The maximum atomic E-state index is 13.1. The van der Waals surface area contributed by atoms with Crippen molar-refractivity contribution in [2.24, 2.45) is 0 Å². The van der Waals surface area contributed by atoms with Gasteiger partial charge in [-0.15, -0.1) is 0 Å². The summed E-state index contributed by atoms with van der Waals surface area (Å²) in [6.07, 6.45) is 0. The van der Waals surface area contributed by atoms with E-state index in [4.69, 9.17) is 14.2 Å². The normalized spacial score (nSPS) is 10.9. The van der Waals surface area contributed by atoms with Crippen LogP contribution in [0.4, 0.5) is 11.4 Å². The molecular weight excluding hydrogens is 432 g/mol. The van der Waals surface area contributed by atoms with Gasteiger partial charge < -0.3 is 19.5 Å². The van der Waals surface area contributed by atoms with Crippen LogP contribution in [0.1, 0.15) is 10.4 Å². The number of methoxy groups -OCH3 is 3. The minimum Gasteiger partial charge on any atom is -0.497 e. The monoisotopic (exact) mass is 456 g/mol. The second kappa shape index (κ2) is 9.61. The van der Waals surface area contributed by atoms with Gasteiger partial charge in [-0.3, -0.25) is 9.10 Å². The minimum absolute atomic E-state index is 0.0430. The van der Waals surface area contributed by atoms with Crippen molar-refractivity contribution in [1.82, 2.24) is 0 Å². The molecule has 0 atom stereocenters. The fourth-order valence-corrected chi connectivity index (χ4v) is 4.27. The number of hydrogen-bond acceptors (Lipinski definition) is 6. The van der Waals surface area contributed by atoms with Crippen LogP contribution in [0.2, 0.25) is 0 Å². The average Bonchev–Trinajstić information content (AvgIpc) is 2.83. The van der Waals surface area contributed by atoms with Crippen molar-refractivity contribution in [1.29, 1.82) is 0 Å². The number of nitrogens with zero attached hydrogens (tertiary/aromatic N) is 1. The predicted molar refractivity (Wildman–Crippen MR) is 123 cm³/mol. The van der Waals surface area contributed by atoms with E-state index in [9.17, 15) is 13.2 Å². The lowest BCUT2D eigenvalue weighted by Gasteiger charge is -2.21. The number of rotatable bonds is 8. The zero-order valence-corrected chi connectivity index (χ0v) is 19.0. The Labute approximate surface area is 187 Å². The summed E-state index contributed by atoms with van der Waals surface area (Å²) < 4.78 is 43.0. The maximum Gasteiger partial charge on any atom is 0.264 e. The second-order valence-electron chi connectivity index (χ2n) is 6.69. The third kappa shape index (κ3) is 4.62. The molecule has 3 aromatic carbocycles. The first-order chi connectivity index (χ1) is 15.3. The highest BCUT2D eigenvalue weighted by Gasteiger charge is 2.24. The molecule has 9 heteroatoms. The van der Waals surface area contributed by atoms with Gasteiger partial charge in [-0.2, -0.15) is 0 Å². The standard InChI is InChI=1S/C23H24N2O6S/c1-25(20-7-5-6-8-22(20)31-4)32(27,28)18-12-9-16(10-13-18)23(26)24-19-15-17(29-2)11-14-21(19)30-3/h5-15H,1-4H3,(H,24,26). The van der Waals surface area contributed by atoms with Gasteiger partial charge in [0, 0.05) is 18.7 Å². The summed E-state index contributed by atoms with van der Waals surface area (Å²) in [6, 6.07) is 17.5. The largest absolute Gasteiger partial charge is 0.497 e. The lowest BCUT2D eigenvalue weighted by Crippen LogP contribution is -2.27. The van der Waals surface area contributed by atoms with Gasteiger partial charge >= 0.3 is 0 Å². The maximum absolute atomic E-state index is 13.1. The van der Waals surface area contributed by atoms with E-state index in [1.807, 2.05) is 0 Å². The van der Waals surface area contributed by atoms with Gasteiger partial charge in [0.05, 0.1) is 37.6 Å². The van der Waals surface area contributed by atoms with Gasteiger partial charge in [0.15, 0.2) is 0 Å². The molecular formula is C23H24N2O6S. The molecule has 3 aromatic rings. The molecule has 0 bridgehead atoms. The van der Waals surface area contributed by atoms with Crippen LogP contribution in [0.5, 0.6) is 17.2 Å². The highest BCUT2D eigenvalue weighted by Crippen LogP contribution is 2.31. The summed E-state index contributed by atoms with van der Waals surface area (Å²) in [6.45, 7) is 0. The highest BCUT2D eigenvalue weighted by atomic mass is 32.2. The van der Waals surface area contributed by atoms with E-state index in [1.54, 1.807) is 42.5 Å². The number of amides is 1. The molecule has 1 amide bonds. The van der Waals surface area contributed by atoms with Gasteiger partial charge in [-0.25, -0.2) is 8.42 Å². The fraction of sp³-hybridized carbons (Fsp3) is 0.174. The van der Waals surface area contributed by atoms with E-state index < -0.39 is 15.9 Å². The minimum atomic E-state index is -3.86. The molecule has 1 N–H and O–H groups in total. The van der Waals surface area contributed by atoms with E-state index in [-0.39, 0.29) is 10.5 Å². The average molecular weight is 457 g/mol. The Bertz CT molecular complexity index is 1210. The second-order valence-corrected chi connectivity index (χ2v) is 8.66. The first-order valence-electron chi connectivity index (χ1n) is 9.57. The van der Waals surface area contributed by atoms with E-state index in [0.29, 0.717) is 28.6 Å². The summed E-state index contributed by atoms with van der Waals surface area (Å²) >= 11 is 0. The number of anilines is 2. The Morgan fingerprint density at radius 3 is 2.12 bits per heavy atom. The number of nitrogens with one attached hydrogen (secondary N) is 1. The Morgan fingerprint density at radius 2 is 1.50 bits per heavy atom. The molecule has 0 spiro atoms. The third-order valence-corrected chi connectivity index (χ3v) is 6.64. The summed E-state index contributed by atoms with van der Waals surface area (Å²) in [4.78, 5) is 12.7. The van der Waals surface area contributed by atoms with Crippen molar-refractivity contribution in [3.8, 4) is 17.2 Å². The van der Waals surface area contributed by atoms with Crippen LogP contribution in [0, 0.1) is 0 Å². The summed E-state index contributed by atoms with van der Waals surface area (Å²) in [5.41, 5.74) is 1.13. The van der Waals surface area contributed by atoms with Gasteiger partial charge in [-0.05, 0) is 48.5 Å². The number of benzene rings is 3. The SMILES string of the molecule is COc1ccc(OC)c(NC(=O)c2ccc(S(=O)(=O)N(C)c3ccccc3OC)cc2)c1. The fourth-order valence-electron chi connectivity index (χ4n) is 3.06. The number of para-hydroxylation sites is 2. The van der Waals surface area contributed by atoms with Gasteiger partial charge in [0.25, 0.3) is 15.9 Å².